The van der Waals surface area contributed by atoms with E-state index >= 15 is 0 Å². The molecule has 0 aliphatic carbocycles. The molecule has 0 bridgehead atoms. The smallest absolute Gasteiger partial charge is 0.182 e. The van der Waals surface area contributed by atoms with Crippen LogP contribution in [0.5, 0.6) is 0 Å². The fraction of sp³-hybridized carbons (Fsp3) is 0. The molecule has 0 fully saturated rings. The van der Waals surface area contributed by atoms with Gasteiger partial charge in [0.1, 0.15) is 5.69 Å². The molecule has 0 unspecified atom stereocenters. The first-order chi connectivity index (χ1) is 28.7. The number of para-hydroxylation sites is 1. The lowest BCUT2D eigenvalue weighted by molar-refractivity contribution is 1.05. The predicted molar refractivity (Wildman–Crippen MR) is 228 cm³/mol. The van der Waals surface area contributed by atoms with Crippen molar-refractivity contribution in [3.63, 3.8) is 0 Å². The number of aromatic nitrogens is 9. The molecule has 5 aromatic heterocycles. The maximum Gasteiger partial charge on any atom is 0.182 e. The van der Waals surface area contributed by atoms with Crippen LogP contribution in [0.3, 0.4) is 0 Å². The van der Waals surface area contributed by atoms with Gasteiger partial charge in [0, 0.05) is 51.2 Å². The SMILES string of the molecule is c1ccc(-c2nc(-c3ccc(-c4ccccn4)nc3)cc(-c3nc(-c4ccccc4)nc(-c4ccc(-c5nc(-c6ccccc6)nc6ccccc56)cc4)n3)n2)cc1. The van der Waals surface area contributed by atoms with Crippen LogP contribution in [0.1, 0.15) is 0 Å². The predicted octanol–water partition coefficient (Wildman–Crippen LogP) is 10.7. The van der Waals surface area contributed by atoms with Crippen LogP contribution in [-0.2, 0) is 0 Å². The van der Waals surface area contributed by atoms with Gasteiger partial charge in [0.2, 0.25) is 0 Å². The van der Waals surface area contributed by atoms with Gasteiger partial charge in [-0.1, -0.05) is 140 Å². The second-order valence-corrected chi connectivity index (χ2v) is 13.5. The summed E-state index contributed by atoms with van der Waals surface area (Å²) in [5.41, 5.74) is 9.80. The van der Waals surface area contributed by atoms with E-state index in [1.165, 1.54) is 0 Å². The summed E-state index contributed by atoms with van der Waals surface area (Å²) >= 11 is 0. The Morgan fingerprint density at radius 2 is 0.776 bits per heavy atom. The van der Waals surface area contributed by atoms with E-state index in [0.717, 1.165) is 61.4 Å². The lowest BCUT2D eigenvalue weighted by Gasteiger charge is -2.12. The molecule has 0 aliphatic rings. The fourth-order valence-corrected chi connectivity index (χ4v) is 6.76. The molecule has 0 spiro atoms. The molecular formula is C49H31N9. The zero-order chi connectivity index (χ0) is 38.7. The molecular weight excluding hydrogens is 715 g/mol. The van der Waals surface area contributed by atoms with Gasteiger partial charge >= 0.3 is 0 Å². The van der Waals surface area contributed by atoms with E-state index < -0.39 is 0 Å². The van der Waals surface area contributed by atoms with Crippen LogP contribution in [0.2, 0.25) is 0 Å². The minimum absolute atomic E-state index is 0.418. The molecule has 9 nitrogen and oxygen atoms in total. The maximum absolute atomic E-state index is 5.07. The molecule has 10 rings (SSSR count). The second kappa shape index (κ2) is 15.2. The van der Waals surface area contributed by atoms with Gasteiger partial charge in [0.25, 0.3) is 0 Å². The Morgan fingerprint density at radius 1 is 0.276 bits per heavy atom. The zero-order valence-electron chi connectivity index (χ0n) is 30.9. The third-order valence-electron chi connectivity index (χ3n) is 9.69. The monoisotopic (exact) mass is 745 g/mol. The minimum Gasteiger partial charge on any atom is -0.255 e. The van der Waals surface area contributed by atoms with Crippen LogP contribution in [0.4, 0.5) is 0 Å². The normalized spacial score (nSPS) is 11.1. The molecule has 0 amide bonds. The Balaban J connectivity index is 1.09. The largest absolute Gasteiger partial charge is 0.255 e. The Bertz CT molecular complexity index is 3020. The van der Waals surface area contributed by atoms with Crippen LogP contribution >= 0.6 is 0 Å². The molecule has 272 valence electrons. The first-order valence-electron chi connectivity index (χ1n) is 18.8. The summed E-state index contributed by atoms with van der Waals surface area (Å²) in [5, 5.41) is 0.971. The summed E-state index contributed by atoms with van der Waals surface area (Å²) in [6, 6.07) is 57.7. The highest BCUT2D eigenvalue weighted by molar-refractivity contribution is 5.94. The molecule has 0 atom stereocenters. The minimum atomic E-state index is 0.418. The Kier molecular flexibility index (Phi) is 8.98. The quantitative estimate of drug-likeness (QED) is 0.150. The van der Waals surface area contributed by atoms with Crippen molar-refractivity contribution in [3.05, 3.63) is 188 Å². The van der Waals surface area contributed by atoms with Crippen LogP contribution in [0.15, 0.2) is 188 Å². The van der Waals surface area contributed by atoms with Gasteiger partial charge in [-0.25, -0.2) is 34.9 Å². The van der Waals surface area contributed by atoms with Crippen molar-refractivity contribution in [2.75, 3.05) is 0 Å². The van der Waals surface area contributed by atoms with Crippen molar-refractivity contribution in [1.29, 1.82) is 0 Å². The number of pyridine rings is 2. The number of hydrogen-bond acceptors (Lipinski definition) is 9. The van der Waals surface area contributed by atoms with Gasteiger partial charge < -0.3 is 0 Å². The van der Waals surface area contributed by atoms with E-state index in [0.29, 0.717) is 40.5 Å². The maximum atomic E-state index is 5.07. The van der Waals surface area contributed by atoms with Crippen molar-refractivity contribution in [3.8, 4) is 91.0 Å². The van der Waals surface area contributed by atoms with Crippen LogP contribution in [0, 0.1) is 0 Å². The van der Waals surface area contributed by atoms with E-state index in [2.05, 4.69) is 23.2 Å². The summed E-state index contributed by atoms with van der Waals surface area (Å²) in [6.45, 7) is 0. The van der Waals surface area contributed by atoms with Gasteiger partial charge in [-0.2, -0.15) is 0 Å². The molecule has 0 N–H and O–H groups in total. The third-order valence-corrected chi connectivity index (χ3v) is 9.69. The summed E-state index contributed by atoms with van der Waals surface area (Å²) in [6.07, 6.45) is 3.57. The molecule has 9 heteroatoms. The highest BCUT2D eigenvalue weighted by Crippen LogP contribution is 2.33. The van der Waals surface area contributed by atoms with Crippen molar-refractivity contribution < 1.29 is 0 Å². The number of fused-ring (bicyclic) bond motifs is 1. The highest BCUT2D eigenvalue weighted by Gasteiger charge is 2.18. The van der Waals surface area contributed by atoms with Gasteiger partial charge in [-0.15, -0.1) is 0 Å². The number of benzene rings is 5. The van der Waals surface area contributed by atoms with E-state index in [4.69, 9.17) is 39.9 Å². The highest BCUT2D eigenvalue weighted by atomic mass is 15.1. The molecule has 10 aromatic rings. The molecule has 0 saturated heterocycles. The van der Waals surface area contributed by atoms with Gasteiger partial charge in [-0.3, -0.25) is 9.97 Å². The number of rotatable bonds is 8. The summed E-state index contributed by atoms with van der Waals surface area (Å²) in [5.74, 6) is 2.67. The first kappa shape index (κ1) is 34.3. The fourth-order valence-electron chi connectivity index (χ4n) is 6.76. The summed E-state index contributed by atoms with van der Waals surface area (Å²) in [4.78, 5) is 44.3. The van der Waals surface area contributed by atoms with Crippen molar-refractivity contribution in [2.24, 2.45) is 0 Å². The Labute approximate surface area is 334 Å². The average molecular weight is 746 g/mol. The standard InChI is InChI=1S/C49H31N9/c1-4-14-33(15-5-1)45-53-42(37-27-28-41(51-31-37)40-22-12-13-29-50-40)30-43(54-45)49-57-47(35-18-8-3-9-19-35)56-48(58-49)36-25-23-32(24-26-36)44-38-20-10-11-21-39(38)52-46(55-44)34-16-6-2-7-17-34/h1-31H. The molecule has 0 saturated carbocycles. The molecule has 0 radical (unpaired) electrons. The Hall–Kier alpha value is -8.17. The van der Waals surface area contributed by atoms with E-state index in [9.17, 15) is 0 Å². The van der Waals surface area contributed by atoms with Gasteiger partial charge in [0.05, 0.1) is 28.3 Å². The van der Waals surface area contributed by atoms with E-state index in [1.807, 2.05) is 164 Å². The van der Waals surface area contributed by atoms with Crippen LogP contribution in [0.25, 0.3) is 102 Å². The molecule has 58 heavy (non-hydrogen) atoms. The van der Waals surface area contributed by atoms with Crippen molar-refractivity contribution >= 4 is 10.9 Å². The van der Waals surface area contributed by atoms with Gasteiger partial charge in [0.15, 0.2) is 29.1 Å². The molecule has 5 heterocycles. The third kappa shape index (κ3) is 6.95. The molecule has 5 aromatic carbocycles. The van der Waals surface area contributed by atoms with Gasteiger partial charge in [-0.05, 0) is 36.4 Å². The van der Waals surface area contributed by atoms with E-state index in [-0.39, 0.29) is 0 Å². The Morgan fingerprint density at radius 3 is 1.40 bits per heavy atom. The van der Waals surface area contributed by atoms with E-state index in [1.54, 1.807) is 6.20 Å². The van der Waals surface area contributed by atoms with Crippen molar-refractivity contribution in [2.45, 2.75) is 0 Å². The van der Waals surface area contributed by atoms with Crippen LogP contribution < -0.4 is 0 Å². The number of nitrogens with zero attached hydrogens (tertiary/aromatic N) is 9. The topological polar surface area (TPSA) is 116 Å². The lowest BCUT2D eigenvalue weighted by atomic mass is 10.0. The zero-order valence-corrected chi connectivity index (χ0v) is 30.9. The number of hydrogen-bond donors (Lipinski definition) is 0. The molecule has 0 aliphatic heterocycles. The summed E-state index contributed by atoms with van der Waals surface area (Å²) < 4.78 is 0. The second-order valence-electron chi connectivity index (χ2n) is 13.5. The lowest BCUT2D eigenvalue weighted by Crippen LogP contribution is -2.03. The average Bonchev–Trinajstić information content (AvgIpc) is 3.32. The van der Waals surface area contributed by atoms with Crippen molar-refractivity contribution in [1.82, 2.24) is 44.9 Å². The van der Waals surface area contributed by atoms with Crippen LogP contribution in [-0.4, -0.2) is 44.9 Å². The first-order valence-corrected chi connectivity index (χ1v) is 18.8. The summed E-state index contributed by atoms with van der Waals surface area (Å²) in [7, 11) is 0.